The van der Waals surface area contributed by atoms with Gasteiger partial charge in [0.25, 0.3) is 5.91 Å². The van der Waals surface area contributed by atoms with Crippen LogP contribution in [-0.4, -0.2) is 22.2 Å². The quantitative estimate of drug-likeness (QED) is 0.355. The Kier molecular flexibility index (Phi) is 9.63. The molecule has 170 valence electrons. The number of nitrogens with zero attached hydrogens (tertiary/aromatic N) is 2. The number of nitrogens with one attached hydrogen (secondary N) is 1. The van der Waals surface area contributed by atoms with Crippen LogP contribution in [0.1, 0.15) is 42.7 Å². The average molecular weight is 494 g/mol. The molecule has 0 aliphatic rings. The molecule has 0 radical (unpaired) electrons. The minimum Gasteiger partial charge on any atom is -0.403 e. The van der Waals surface area contributed by atoms with Crippen molar-refractivity contribution in [1.82, 2.24) is 15.1 Å². The van der Waals surface area contributed by atoms with E-state index < -0.39 is 0 Å². The molecular weight excluding hydrogens is 467 g/mol. The summed E-state index contributed by atoms with van der Waals surface area (Å²) in [5, 5.41) is 9.03. The summed E-state index contributed by atoms with van der Waals surface area (Å²) in [6.07, 6.45) is 1.35. The fourth-order valence-electron chi connectivity index (χ4n) is 3.09. The molecule has 0 aliphatic heterocycles. The molecule has 0 fully saturated rings. The Morgan fingerprint density at radius 2 is 1.72 bits per heavy atom. The number of benzene rings is 2. The van der Waals surface area contributed by atoms with Gasteiger partial charge in [-0.2, -0.15) is 5.10 Å². The molecule has 1 aromatic heterocycles. The Balaban J connectivity index is 0.00000176. The third-order valence-electron chi connectivity index (χ3n) is 4.55. The highest BCUT2D eigenvalue weighted by atomic mass is 35.5. The summed E-state index contributed by atoms with van der Waals surface area (Å²) in [6.45, 7) is 9.99. The number of allylic oxidation sites excluding steroid dienone is 1. The normalized spacial score (nSPS) is 10.3. The molecule has 0 atom stereocenters. The van der Waals surface area contributed by atoms with Gasteiger partial charge in [-0.05, 0) is 50.1 Å². The van der Waals surface area contributed by atoms with Gasteiger partial charge in [-0.3, -0.25) is 4.79 Å². The lowest BCUT2D eigenvalue weighted by atomic mass is 10.1. The van der Waals surface area contributed by atoms with Gasteiger partial charge in [-0.1, -0.05) is 67.4 Å². The van der Waals surface area contributed by atoms with Gasteiger partial charge in [0.15, 0.2) is 5.69 Å². The van der Waals surface area contributed by atoms with Crippen LogP contribution in [0.5, 0.6) is 0 Å². The predicted molar refractivity (Wildman–Crippen MR) is 135 cm³/mol. The van der Waals surface area contributed by atoms with Crippen LogP contribution in [0, 0.1) is 6.92 Å². The van der Waals surface area contributed by atoms with Gasteiger partial charge in [0.05, 0.1) is 16.4 Å². The Labute approximate surface area is 204 Å². The first-order valence-electron chi connectivity index (χ1n) is 10.3. The molecule has 0 saturated carbocycles. The Morgan fingerprint density at radius 3 is 2.31 bits per heavy atom. The number of aromatic nitrogens is 2. The molecule has 8 heteroatoms. The zero-order chi connectivity index (χ0) is 23.8. The maximum absolute atomic E-state index is 12.8. The molecule has 32 heavy (non-hydrogen) atoms. The van der Waals surface area contributed by atoms with E-state index in [-0.39, 0.29) is 5.91 Å². The van der Waals surface area contributed by atoms with E-state index in [9.17, 15) is 4.79 Å². The molecule has 0 spiro atoms. The maximum Gasteiger partial charge on any atom is 0.272 e. The summed E-state index contributed by atoms with van der Waals surface area (Å²) in [5.41, 5.74) is 9.43. The van der Waals surface area contributed by atoms with Crippen molar-refractivity contribution < 1.29 is 4.79 Å². The second-order valence-corrected chi connectivity index (χ2v) is 8.13. The minimum atomic E-state index is -0.269. The van der Waals surface area contributed by atoms with Crippen molar-refractivity contribution in [2.24, 2.45) is 5.73 Å². The molecule has 0 aliphatic carbocycles. The average Bonchev–Trinajstić information content (AvgIpc) is 3.10. The van der Waals surface area contributed by atoms with Crippen LogP contribution >= 0.6 is 34.8 Å². The van der Waals surface area contributed by atoms with E-state index in [1.807, 2.05) is 32.9 Å². The summed E-state index contributed by atoms with van der Waals surface area (Å²) in [7, 11) is 0. The third kappa shape index (κ3) is 6.28. The molecule has 1 amide bonds. The summed E-state index contributed by atoms with van der Waals surface area (Å²) >= 11 is 18.5. The van der Waals surface area contributed by atoms with Crippen molar-refractivity contribution >= 4 is 40.7 Å². The summed E-state index contributed by atoms with van der Waals surface area (Å²) in [6, 6.07) is 12.5. The highest BCUT2D eigenvalue weighted by Gasteiger charge is 2.23. The second kappa shape index (κ2) is 12.0. The molecule has 3 rings (SSSR count). The van der Waals surface area contributed by atoms with E-state index in [1.54, 1.807) is 35.0 Å². The first-order chi connectivity index (χ1) is 15.3. The van der Waals surface area contributed by atoms with Gasteiger partial charge in [-0.15, -0.1) is 0 Å². The standard InChI is InChI=1S/C22H21Cl3N4O.C2H6/c1-13(26)4-3-11-27-22(30)20-14(2)21(15-5-7-16(23)8-6-15)29(28-20)19-10-9-17(24)12-18(19)25;1-2/h5-10,12H,1,3-4,11,26H2,2H3,(H,27,30);1-2H3. The number of carbonyl (C=O) groups is 1. The molecule has 5 nitrogen and oxygen atoms in total. The fraction of sp³-hybridized carbons (Fsp3) is 0.250. The highest BCUT2D eigenvalue weighted by Crippen LogP contribution is 2.33. The lowest BCUT2D eigenvalue weighted by Gasteiger charge is -2.11. The molecule has 3 N–H and O–H groups in total. The topological polar surface area (TPSA) is 72.9 Å². The van der Waals surface area contributed by atoms with Gasteiger partial charge in [0.2, 0.25) is 0 Å². The number of rotatable bonds is 7. The van der Waals surface area contributed by atoms with Crippen LogP contribution in [0.3, 0.4) is 0 Å². The van der Waals surface area contributed by atoms with Crippen LogP contribution in [0.25, 0.3) is 16.9 Å². The minimum absolute atomic E-state index is 0.269. The smallest absolute Gasteiger partial charge is 0.272 e. The molecule has 2 aromatic carbocycles. The second-order valence-electron chi connectivity index (χ2n) is 6.85. The monoisotopic (exact) mass is 492 g/mol. The lowest BCUT2D eigenvalue weighted by Crippen LogP contribution is -2.26. The van der Waals surface area contributed by atoms with E-state index in [2.05, 4.69) is 17.0 Å². The first-order valence-corrected chi connectivity index (χ1v) is 11.4. The van der Waals surface area contributed by atoms with Gasteiger partial charge in [0.1, 0.15) is 0 Å². The molecule has 0 saturated heterocycles. The predicted octanol–water partition coefficient (Wildman–Crippen LogP) is 6.82. The Bertz CT molecular complexity index is 1090. The fourth-order valence-corrected chi connectivity index (χ4v) is 3.70. The van der Waals surface area contributed by atoms with Crippen molar-refractivity contribution in [3.8, 4) is 16.9 Å². The number of hydrogen-bond donors (Lipinski definition) is 2. The Hall–Kier alpha value is -2.47. The number of hydrogen-bond acceptors (Lipinski definition) is 3. The van der Waals surface area contributed by atoms with Crippen LogP contribution in [0.2, 0.25) is 15.1 Å². The van der Waals surface area contributed by atoms with Crippen LogP contribution < -0.4 is 11.1 Å². The van der Waals surface area contributed by atoms with E-state index in [0.717, 1.165) is 16.8 Å². The van der Waals surface area contributed by atoms with Crippen molar-refractivity contribution in [1.29, 1.82) is 0 Å². The van der Waals surface area contributed by atoms with Crippen molar-refractivity contribution in [3.63, 3.8) is 0 Å². The molecule has 3 aromatic rings. The van der Waals surface area contributed by atoms with E-state index in [0.29, 0.717) is 51.5 Å². The zero-order valence-corrected chi connectivity index (χ0v) is 20.7. The number of amides is 1. The van der Waals surface area contributed by atoms with Gasteiger partial charge in [0, 0.05) is 33.4 Å². The first kappa shape index (κ1) is 25.8. The molecule has 0 unspecified atom stereocenters. The zero-order valence-electron chi connectivity index (χ0n) is 18.4. The number of carbonyl (C=O) groups excluding carboxylic acids is 1. The van der Waals surface area contributed by atoms with Gasteiger partial charge >= 0.3 is 0 Å². The van der Waals surface area contributed by atoms with Crippen molar-refractivity contribution in [2.75, 3.05) is 6.54 Å². The van der Waals surface area contributed by atoms with Crippen LogP contribution in [0.15, 0.2) is 54.7 Å². The third-order valence-corrected chi connectivity index (χ3v) is 5.34. The van der Waals surface area contributed by atoms with E-state index in [4.69, 9.17) is 40.5 Å². The van der Waals surface area contributed by atoms with Crippen molar-refractivity contribution in [2.45, 2.75) is 33.6 Å². The van der Waals surface area contributed by atoms with Crippen LogP contribution in [0.4, 0.5) is 0 Å². The van der Waals surface area contributed by atoms with Crippen LogP contribution in [-0.2, 0) is 0 Å². The van der Waals surface area contributed by atoms with E-state index in [1.165, 1.54) is 0 Å². The van der Waals surface area contributed by atoms with Crippen molar-refractivity contribution in [3.05, 3.63) is 81.1 Å². The summed E-state index contributed by atoms with van der Waals surface area (Å²) < 4.78 is 1.66. The maximum atomic E-state index is 12.8. The van der Waals surface area contributed by atoms with Gasteiger partial charge < -0.3 is 11.1 Å². The molecule has 1 heterocycles. The lowest BCUT2D eigenvalue weighted by molar-refractivity contribution is 0.0947. The SMILES string of the molecule is C=C(N)CCCNC(=O)c1nn(-c2ccc(Cl)cc2Cl)c(-c2ccc(Cl)cc2)c1C.CC. The largest absolute Gasteiger partial charge is 0.403 e. The molecular formula is C24H27Cl3N4O. The number of halogens is 3. The molecule has 0 bridgehead atoms. The summed E-state index contributed by atoms with van der Waals surface area (Å²) in [5.74, 6) is -0.269. The van der Waals surface area contributed by atoms with Gasteiger partial charge in [-0.25, -0.2) is 4.68 Å². The highest BCUT2D eigenvalue weighted by molar-refractivity contribution is 6.35. The number of nitrogens with two attached hydrogens (primary N) is 1. The Morgan fingerprint density at radius 1 is 1.09 bits per heavy atom. The van der Waals surface area contributed by atoms with E-state index >= 15 is 0 Å². The summed E-state index contributed by atoms with van der Waals surface area (Å²) in [4.78, 5) is 12.8.